The lowest BCUT2D eigenvalue weighted by molar-refractivity contribution is 0.0603. The van der Waals surface area contributed by atoms with Gasteiger partial charge in [-0.05, 0) is 50.6 Å². The molecule has 0 unspecified atom stereocenters. The number of nitrogens with one attached hydrogen (secondary N) is 1. The highest BCUT2D eigenvalue weighted by Crippen LogP contribution is 2.40. The highest BCUT2D eigenvalue weighted by molar-refractivity contribution is 7.15. The maximum Gasteiger partial charge on any atom is 0.341 e. The van der Waals surface area contributed by atoms with E-state index in [1.807, 2.05) is 20.8 Å². The Morgan fingerprint density at radius 1 is 0.941 bits per heavy atom. The molecule has 1 heterocycles. The van der Waals surface area contributed by atoms with Gasteiger partial charge in [0.15, 0.2) is 11.5 Å². The Hall–Kier alpha value is -3.59. The molecular formula is C25H26FNO6S. The van der Waals surface area contributed by atoms with Crippen LogP contribution in [0.25, 0.3) is 11.1 Å². The van der Waals surface area contributed by atoms with Crippen LogP contribution in [0, 0.1) is 5.82 Å². The zero-order valence-electron chi connectivity index (χ0n) is 19.4. The summed E-state index contributed by atoms with van der Waals surface area (Å²) in [7, 11) is 1.26. The molecule has 0 saturated heterocycles. The van der Waals surface area contributed by atoms with Gasteiger partial charge < -0.3 is 24.3 Å². The lowest BCUT2D eigenvalue weighted by atomic mass is 10.0. The van der Waals surface area contributed by atoms with Gasteiger partial charge in [0.05, 0.1) is 26.9 Å². The van der Waals surface area contributed by atoms with Crippen LogP contribution in [-0.4, -0.2) is 38.8 Å². The fraction of sp³-hybridized carbons (Fsp3) is 0.280. The number of amides is 1. The summed E-state index contributed by atoms with van der Waals surface area (Å²) < 4.78 is 35.4. The minimum atomic E-state index is -0.618. The quantitative estimate of drug-likeness (QED) is 0.365. The summed E-state index contributed by atoms with van der Waals surface area (Å²) in [6, 6.07) is 8.86. The third-order valence-electron chi connectivity index (χ3n) is 4.73. The van der Waals surface area contributed by atoms with Gasteiger partial charge in [0.2, 0.25) is 5.75 Å². The van der Waals surface area contributed by atoms with Crippen molar-refractivity contribution in [2.45, 2.75) is 20.8 Å². The maximum atomic E-state index is 13.4. The first kappa shape index (κ1) is 25.0. The van der Waals surface area contributed by atoms with Crippen molar-refractivity contribution in [3.8, 4) is 28.4 Å². The fourth-order valence-electron chi connectivity index (χ4n) is 3.29. The van der Waals surface area contributed by atoms with Gasteiger partial charge in [0.25, 0.3) is 5.91 Å². The molecule has 1 N–H and O–H groups in total. The van der Waals surface area contributed by atoms with Crippen LogP contribution in [0.5, 0.6) is 17.2 Å². The summed E-state index contributed by atoms with van der Waals surface area (Å²) in [5.74, 6) is -0.292. The lowest BCUT2D eigenvalue weighted by Crippen LogP contribution is -2.15. The molecule has 180 valence electrons. The van der Waals surface area contributed by atoms with Crippen molar-refractivity contribution < 1.29 is 32.9 Å². The predicted molar refractivity (Wildman–Crippen MR) is 129 cm³/mol. The van der Waals surface area contributed by atoms with Crippen LogP contribution in [0.1, 0.15) is 41.5 Å². The maximum absolute atomic E-state index is 13.4. The molecule has 1 aromatic heterocycles. The minimum absolute atomic E-state index is 0.188. The number of hydrogen-bond acceptors (Lipinski definition) is 7. The van der Waals surface area contributed by atoms with Crippen LogP contribution in [-0.2, 0) is 4.74 Å². The molecule has 0 aliphatic carbocycles. The number of anilines is 1. The molecule has 3 rings (SSSR count). The molecule has 2 aromatic carbocycles. The van der Waals surface area contributed by atoms with Crippen molar-refractivity contribution in [3.63, 3.8) is 0 Å². The van der Waals surface area contributed by atoms with E-state index in [0.29, 0.717) is 53.2 Å². The first-order valence-corrected chi connectivity index (χ1v) is 11.6. The molecule has 0 fully saturated rings. The first-order valence-electron chi connectivity index (χ1n) is 10.8. The van der Waals surface area contributed by atoms with E-state index in [1.165, 1.54) is 30.6 Å². The van der Waals surface area contributed by atoms with Gasteiger partial charge in [0.1, 0.15) is 16.4 Å². The van der Waals surface area contributed by atoms with Crippen molar-refractivity contribution in [2.24, 2.45) is 0 Å². The number of ether oxygens (including phenoxy) is 4. The molecule has 9 heteroatoms. The summed E-state index contributed by atoms with van der Waals surface area (Å²) in [5.41, 5.74) is 1.61. The summed E-state index contributed by atoms with van der Waals surface area (Å²) >= 11 is 1.17. The molecule has 0 saturated carbocycles. The van der Waals surface area contributed by atoms with E-state index in [1.54, 1.807) is 29.6 Å². The van der Waals surface area contributed by atoms with Crippen LogP contribution in [0.15, 0.2) is 41.8 Å². The topological polar surface area (TPSA) is 83.1 Å². The van der Waals surface area contributed by atoms with E-state index in [2.05, 4.69) is 5.32 Å². The van der Waals surface area contributed by atoms with Gasteiger partial charge in [-0.25, -0.2) is 9.18 Å². The van der Waals surface area contributed by atoms with E-state index < -0.39 is 17.7 Å². The molecule has 0 radical (unpaired) electrons. The zero-order chi connectivity index (χ0) is 24.7. The number of thiophene rings is 1. The van der Waals surface area contributed by atoms with Crippen molar-refractivity contribution >= 4 is 28.2 Å². The number of methoxy groups -OCH3 is 1. The normalized spacial score (nSPS) is 10.5. The highest BCUT2D eigenvalue weighted by atomic mass is 32.1. The predicted octanol–water partition coefficient (Wildman–Crippen LogP) is 5.79. The number of benzene rings is 2. The minimum Gasteiger partial charge on any atom is -0.490 e. The Morgan fingerprint density at radius 2 is 1.53 bits per heavy atom. The summed E-state index contributed by atoms with van der Waals surface area (Å²) in [6.07, 6.45) is 0. The van der Waals surface area contributed by atoms with Crippen molar-refractivity contribution in [1.29, 1.82) is 0 Å². The number of hydrogen-bond donors (Lipinski definition) is 1. The summed E-state index contributed by atoms with van der Waals surface area (Å²) in [5, 5.41) is 4.81. The number of halogens is 1. The monoisotopic (exact) mass is 487 g/mol. The van der Waals surface area contributed by atoms with E-state index in [0.717, 1.165) is 0 Å². The van der Waals surface area contributed by atoms with Gasteiger partial charge in [-0.15, -0.1) is 11.3 Å². The third-order valence-corrected chi connectivity index (χ3v) is 5.63. The van der Waals surface area contributed by atoms with Gasteiger partial charge in [0, 0.05) is 16.5 Å². The average Bonchev–Trinajstić information content (AvgIpc) is 3.24. The van der Waals surface area contributed by atoms with Crippen molar-refractivity contribution in [1.82, 2.24) is 0 Å². The molecule has 0 atom stereocenters. The summed E-state index contributed by atoms with van der Waals surface area (Å²) in [6.45, 7) is 6.64. The Labute approximate surface area is 201 Å². The molecule has 0 aliphatic heterocycles. The fourth-order valence-corrected chi connectivity index (χ4v) is 4.24. The molecule has 1 amide bonds. The molecule has 0 spiro atoms. The van der Waals surface area contributed by atoms with Gasteiger partial charge in [-0.3, -0.25) is 4.79 Å². The highest BCUT2D eigenvalue weighted by Gasteiger charge is 2.24. The van der Waals surface area contributed by atoms with Crippen LogP contribution in [0.4, 0.5) is 9.39 Å². The Balaban J connectivity index is 2.00. The molecular weight excluding hydrogens is 461 g/mol. The third kappa shape index (κ3) is 5.48. The van der Waals surface area contributed by atoms with Crippen LogP contribution in [0.2, 0.25) is 0 Å². The first-order chi connectivity index (χ1) is 16.4. The number of rotatable bonds is 10. The molecule has 0 bridgehead atoms. The molecule has 34 heavy (non-hydrogen) atoms. The number of carbonyl (C=O) groups excluding carboxylic acids is 2. The van der Waals surface area contributed by atoms with E-state index in [4.69, 9.17) is 18.9 Å². The van der Waals surface area contributed by atoms with Gasteiger partial charge in [-0.2, -0.15) is 0 Å². The van der Waals surface area contributed by atoms with Gasteiger partial charge in [-0.1, -0.05) is 12.1 Å². The lowest BCUT2D eigenvalue weighted by Gasteiger charge is -2.17. The van der Waals surface area contributed by atoms with Crippen LogP contribution < -0.4 is 19.5 Å². The van der Waals surface area contributed by atoms with E-state index >= 15 is 0 Å². The van der Waals surface area contributed by atoms with Crippen molar-refractivity contribution in [3.05, 3.63) is 58.7 Å². The SMILES string of the molecule is CCOc1cc(C(=O)Nc2scc(-c3ccc(F)cc3)c2C(=O)OC)cc(OCC)c1OCC. The van der Waals surface area contributed by atoms with E-state index in [-0.39, 0.29) is 11.1 Å². The van der Waals surface area contributed by atoms with Gasteiger partial charge >= 0.3 is 5.97 Å². The van der Waals surface area contributed by atoms with Crippen molar-refractivity contribution in [2.75, 3.05) is 32.2 Å². The Kier molecular flexibility index (Phi) is 8.48. The number of carbonyl (C=O) groups is 2. The second-order valence-corrected chi connectivity index (χ2v) is 7.79. The van der Waals surface area contributed by atoms with Crippen LogP contribution in [0.3, 0.4) is 0 Å². The van der Waals surface area contributed by atoms with E-state index in [9.17, 15) is 14.0 Å². The second-order valence-electron chi connectivity index (χ2n) is 6.91. The average molecular weight is 488 g/mol. The molecule has 0 aliphatic rings. The number of esters is 1. The zero-order valence-corrected chi connectivity index (χ0v) is 20.2. The van der Waals surface area contributed by atoms with Crippen LogP contribution >= 0.6 is 11.3 Å². The standard InChI is InChI=1S/C25H26FNO6S/c1-5-31-19-12-16(13-20(32-6-2)22(19)33-7-3)23(28)27-24-21(25(29)30-4)18(14-34-24)15-8-10-17(26)11-9-15/h8-14H,5-7H2,1-4H3,(H,27,28). The Bertz CT molecular complexity index is 1130. The second kappa shape index (κ2) is 11.5. The molecule has 3 aromatic rings. The largest absolute Gasteiger partial charge is 0.490 e. The molecule has 7 nitrogen and oxygen atoms in total. The Morgan fingerprint density at radius 3 is 2.06 bits per heavy atom. The summed E-state index contributed by atoms with van der Waals surface area (Å²) in [4.78, 5) is 25.8. The smallest absolute Gasteiger partial charge is 0.341 e.